The average Bonchev–Trinajstić information content (AvgIpc) is 2.70. The van der Waals surface area contributed by atoms with Crippen LogP contribution in [0.4, 0.5) is 13.2 Å². The van der Waals surface area contributed by atoms with E-state index in [-0.39, 0.29) is 11.2 Å². The fourth-order valence-corrected chi connectivity index (χ4v) is 1.67. The van der Waals surface area contributed by atoms with Crippen molar-refractivity contribution in [1.29, 1.82) is 0 Å². The van der Waals surface area contributed by atoms with Crippen LogP contribution in [0, 0.1) is 13.8 Å². The first-order valence-electron chi connectivity index (χ1n) is 5.59. The Balaban J connectivity index is 2.19. The number of hydrogen-bond donors (Lipinski definition) is 1. The second-order valence-corrected chi connectivity index (χ2v) is 4.17. The van der Waals surface area contributed by atoms with Gasteiger partial charge in [-0.1, -0.05) is 0 Å². The third-order valence-electron chi connectivity index (χ3n) is 2.42. The molecule has 2 rings (SSSR count). The van der Waals surface area contributed by atoms with Crippen molar-refractivity contribution in [2.24, 2.45) is 0 Å². The van der Waals surface area contributed by atoms with Crippen LogP contribution >= 0.6 is 0 Å². The van der Waals surface area contributed by atoms with Crippen molar-refractivity contribution in [3.8, 4) is 0 Å². The van der Waals surface area contributed by atoms with Crippen LogP contribution in [0.25, 0.3) is 5.65 Å². The summed E-state index contributed by atoms with van der Waals surface area (Å²) in [4.78, 5) is 20.0. The van der Waals surface area contributed by atoms with Gasteiger partial charge in [-0.2, -0.15) is 18.3 Å². The number of alkyl halides is 3. The molecule has 0 spiro atoms. The molecule has 0 aromatic carbocycles. The zero-order valence-corrected chi connectivity index (χ0v) is 10.7. The third kappa shape index (κ3) is 3.05. The van der Waals surface area contributed by atoms with Gasteiger partial charge in [0, 0.05) is 11.4 Å². The van der Waals surface area contributed by atoms with Crippen molar-refractivity contribution >= 4 is 11.6 Å². The van der Waals surface area contributed by atoms with Gasteiger partial charge < -0.3 is 0 Å². The molecule has 0 unspecified atom stereocenters. The Labute approximate surface area is 111 Å². The van der Waals surface area contributed by atoms with Gasteiger partial charge in [-0.15, -0.1) is 0 Å². The van der Waals surface area contributed by atoms with Gasteiger partial charge in [-0.3, -0.25) is 9.63 Å². The van der Waals surface area contributed by atoms with Crippen LogP contribution in [0.5, 0.6) is 0 Å². The first-order chi connectivity index (χ1) is 9.28. The highest BCUT2D eigenvalue weighted by Crippen LogP contribution is 2.14. The molecule has 0 aliphatic carbocycles. The van der Waals surface area contributed by atoms with E-state index in [2.05, 4.69) is 14.9 Å². The van der Waals surface area contributed by atoms with Crippen molar-refractivity contribution in [2.45, 2.75) is 20.0 Å². The molecule has 108 valence electrons. The van der Waals surface area contributed by atoms with Gasteiger partial charge in [0.25, 0.3) is 5.91 Å². The van der Waals surface area contributed by atoms with E-state index in [4.69, 9.17) is 0 Å². The van der Waals surface area contributed by atoms with Crippen LogP contribution in [-0.2, 0) is 4.84 Å². The Morgan fingerprint density at radius 1 is 1.45 bits per heavy atom. The molecule has 2 aromatic rings. The molecule has 1 N–H and O–H groups in total. The van der Waals surface area contributed by atoms with Gasteiger partial charge in [0.2, 0.25) is 0 Å². The van der Waals surface area contributed by atoms with E-state index in [0.717, 1.165) is 5.69 Å². The lowest BCUT2D eigenvalue weighted by atomic mass is 10.3. The van der Waals surface area contributed by atoms with Crippen LogP contribution in [0.3, 0.4) is 0 Å². The summed E-state index contributed by atoms with van der Waals surface area (Å²) in [6, 6.07) is 1.77. The highest BCUT2D eigenvalue weighted by Gasteiger charge is 2.28. The van der Waals surface area contributed by atoms with Gasteiger partial charge in [0.1, 0.15) is 5.56 Å². The summed E-state index contributed by atoms with van der Waals surface area (Å²) in [5.74, 6) is -0.832. The van der Waals surface area contributed by atoms with Gasteiger partial charge in [-0.05, 0) is 19.9 Å². The Hall–Kier alpha value is -2.16. The molecular weight excluding hydrogens is 277 g/mol. The van der Waals surface area contributed by atoms with Gasteiger partial charge in [0.15, 0.2) is 12.3 Å². The first kappa shape index (κ1) is 14.3. The van der Waals surface area contributed by atoms with Crippen molar-refractivity contribution in [1.82, 2.24) is 20.1 Å². The molecule has 2 heterocycles. The van der Waals surface area contributed by atoms with Crippen LogP contribution in [0.15, 0.2) is 12.3 Å². The summed E-state index contributed by atoms with van der Waals surface area (Å²) >= 11 is 0. The molecule has 20 heavy (non-hydrogen) atoms. The van der Waals surface area contributed by atoms with Crippen molar-refractivity contribution in [3.05, 3.63) is 29.2 Å². The standard InChI is InChI=1S/C11H11F3N4O2/c1-6-3-7(2)18-9(16-6)8(4-15-18)10(19)17-20-5-11(12,13)14/h3-4H,5H2,1-2H3,(H,17,19). The number of halogens is 3. The van der Waals surface area contributed by atoms with Crippen LogP contribution in [-0.4, -0.2) is 33.3 Å². The summed E-state index contributed by atoms with van der Waals surface area (Å²) in [5, 5.41) is 3.95. The highest BCUT2D eigenvalue weighted by molar-refractivity contribution is 5.99. The van der Waals surface area contributed by atoms with Crippen LogP contribution in [0.1, 0.15) is 21.7 Å². The zero-order valence-electron chi connectivity index (χ0n) is 10.7. The second-order valence-electron chi connectivity index (χ2n) is 4.17. The van der Waals surface area contributed by atoms with E-state index >= 15 is 0 Å². The Morgan fingerprint density at radius 3 is 2.80 bits per heavy atom. The summed E-state index contributed by atoms with van der Waals surface area (Å²) in [6.45, 7) is 1.95. The zero-order chi connectivity index (χ0) is 14.9. The molecule has 0 aliphatic rings. The lowest BCUT2D eigenvalue weighted by molar-refractivity contribution is -0.184. The molecule has 2 aromatic heterocycles. The van der Waals surface area contributed by atoms with Crippen molar-refractivity contribution in [3.63, 3.8) is 0 Å². The second kappa shape index (κ2) is 5.08. The summed E-state index contributed by atoms with van der Waals surface area (Å²) in [7, 11) is 0. The normalized spacial score (nSPS) is 11.8. The van der Waals surface area contributed by atoms with E-state index in [1.807, 2.05) is 0 Å². The number of carbonyl (C=O) groups is 1. The minimum absolute atomic E-state index is 0.0407. The largest absolute Gasteiger partial charge is 0.414 e. The highest BCUT2D eigenvalue weighted by atomic mass is 19.4. The number of nitrogens with zero attached hydrogens (tertiary/aromatic N) is 3. The van der Waals surface area contributed by atoms with E-state index < -0.39 is 18.7 Å². The molecule has 6 nitrogen and oxygen atoms in total. The predicted molar refractivity (Wildman–Crippen MR) is 61.9 cm³/mol. The smallest absolute Gasteiger partial charge is 0.267 e. The monoisotopic (exact) mass is 288 g/mol. The number of aryl methyl sites for hydroxylation is 2. The number of fused-ring (bicyclic) bond motifs is 1. The average molecular weight is 288 g/mol. The molecule has 1 amide bonds. The van der Waals surface area contributed by atoms with E-state index in [0.29, 0.717) is 5.69 Å². The molecule has 0 saturated heterocycles. The Kier molecular flexibility index (Phi) is 3.62. The minimum Gasteiger partial charge on any atom is -0.267 e. The fraction of sp³-hybridized carbons (Fsp3) is 0.364. The number of hydrogen-bond acceptors (Lipinski definition) is 4. The topological polar surface area (TPSA) is 68.5 Å². The van der Waals surface area contributed by atoms with Gasteiger partial charge in [0.05, 0.1) is 6.20 Å². The summed E-state index contributed by atoms with van der Waals surface area (Å²) < 4.78 is 37.1. The maximum atomic E-state index is 11.9. The number of carbonyl (C=O) groups excluding carboxylic acids is 1. The lowest BCUT2D eigenvalue weighted by Gasteiger charge is -2.07. The number of aromatic nitrogens is 3. The Morgan fingerprint density at radius 2 is 2.15 bits per heavy atom. The molecule has 0 fully saturated rings. The van der Waals surface area contributed by atoms with Crippen molar-refractivity contribution < 1.29 is 22.8 Å². The maximum absolute atomic E-state index is 11.9. The predicted octanol–water partition coefficient (Wildman–Crippen LogP) is 1.57. The number of rotatable bonds is 3. The summed E-state index contributed by atoms with van der Waals surface area (Å²) in [6.07, 6.45) is -3.29. The van der Waals surface area contributed by atoms with Gasteiger partial charge in [-0.25, -0.2) is 15.0 Å². The fourth-order valence-electron chi connectivity index (χ4n) is 1.67. The molecule has 0 bridgehead atoms. The molecular formula is C11H11F3N4O2. The lowest BCUT2D eigenvalue weighted by Crippen LogP contribution is -2.29. The molecule has 0 radical (unpaired) electrons. The first-order valence-corrected chi connectivity index (χ1v) is 5.59. The quantitative estimate of drug-likeness (QED) is 0.870. The molecule has 9 heteroatoms. The molecule has 0 aliphatic heterocycles. The molecule has 0 saturated carbocycles. The third-order valence-corrected chi connectivity index (χ3v) is 2.42. The SMILES string of the molecule is Cc1cc(C)n2ncc(C(=O)NOCC(F)(F)F)c2n1. The van der Waals surface area contributed by atoms with Gasteiger partial charge >= 0.3 is 6.18 Å². The van der Waals surface area contributed by atoms with Crippen molar-refractivity contribution in [2.75, 3.05) is 6.61 Å². The maximum Gasteiger partial charge on any atom is 0.414 e. The Bertz CT molecular complexity index is 651. The van der Waals surface area contributed by atoms with E-state index in [9.17, 15) is 18.0 Å². The minimum atomic E-state index is -4.51. The van der Waals surface area contributed by atoms with E-state index in [1.165, 1.54) is 10.7 Å². The van der Waals surface area contributed by atoms with Crippen LogP contribution in [0.2, 0.25) is 0 Å². The molecule has 0 atom stereocenters. The number of amides is 1. The summed E-state index contributed by atoms with van der Waals surface area (Å²) in [5.41, 5.74) is 3.44. The van der Waals surface area contributed by atoms with E-state index in [1.54, 1.807) is 25.4 Å². The number of hydroxylamine groups is 1. The van der Waals surface area contributed by atoms with Crippen LogP contribution < -0.4 is 5.48 Å². The number of nitrogens with one attached hydrogen (secondary N) is 1.